The molecule has 0 saturated heterocycles. The van der Waals surface area contributed by atoms with Crippen molar-refractivity contribution in [1.29, 1.82) is 0 Å². The van der Waals surface area contributed by atoms with Crippen LogP contribution < -0.4 is 4.74 Å². The van der Waals surface area contributed by atoms with Crippen LogP contribution in [0.4, 0.5) is 0 Å². The smallest absolute Gasteiger partial charge is 0.340 e. The topological polar surface area (TPSA) is 48.4 Å². The molecule has 0 saturated carbocycles. The highest BCUT2D eigenvalue weighted by molar-refractivity contribution is 6.30. The molecule has 0 spiro atoms. The van der Waals surface area contributed by atoms with Gasteiger partial charge in [-0.05, 0) is 60.4 Å². The van der Waals surface area contributed by atoms with E-state index < -0.39 is 0 Å². The molecule has 0 amide bonds. The number of benzene rings is 2. The number of rotatable bonds is 8. The van der Waals surface area contributed by atoms with Crippen LogP contribution in [0.2, 0.25) is 5.02 Å². The Morgan fingerprint density at radius 2 is 1.70 bits per heavy atom. The fourth-order valence-electron chi connectivity index (χ4n) is 2.52. The van der Waals surface area contributed by atoms with Crippen molar-refractivity contribution in [2.75, 3.05) is 6.61 Å². The summed E-state index contributed by atoms with van der Waals surface area (Å²) in [5.41, 5.74) is 2.59. The summed E-state index contributed by atoms with van der Waals surface area (Å²) in [4.78, 5) is 15.8. The lowest BCUT2D eigenvalue weighted by atomic mass is 10.1. The molecule has 0 unspecified atom stereocenters. The van der Waals surface area contributed by atoms with E-state index in [9.17, 15) is 4.79 Å². The van der Waals surface area contributed by atoms with E-state index in [4.69, 9.17) is 21.1 Å². The Morgan fingerprint density at radius 3 is 2.41 bits per heavy atom. The van der Waals surface area contributed by atoms with Crippen LogP contribution in [0.15, 0.2) is 73.1 Å². The molecular formula is C22H20ClNO3. The molecule has 0 aliphatic rings. The SMILES string of the molecule is O=C(OCc1ccc(OCCCc2ccc(Cl)cc2)cc1)c1cccnc1. The number of hydrogen-bond donors (Lipinski definition) is 0. The number of esters is 1. The molecule has 0 aliphatic heterocycles. The average molecular weight is 382 g/mol. The fourth-order valence-corrected chi connectivity index (χ4v) is 2.64. The molecular weight excluding hydrogens is 362 g/mol. The first-order valence-corrected chi connectivity index (χ1v) is 9.12. The van der Waals surface area contributed by atoms with Crippen molar-refractivity contribution in [3.05, 3.63) is 94.8 Å². The lowest BCUT2D eigenvalue weighted by Gasteiger charge is -2.08. The first-order chi connectivity index (χ1) is 13.2. The van der Waals surface area contributed by atoms with Crippen LogP contribution in [0.3, 0.4) is 0 Å². The molecule has 0 atom stereocenters. The van der Waals surface area contributed by atoms with E-state index in [-0.39, 0.29) is 12.6 Å². The van der Waals surface area contributed by atoms with Gasteiger partial charge >= 0.3 is 5.97 Å². The van der Waals surface area contributed by atoms with Crippen molar-refractivity contribution in [3.8, 4) is 5.75 Å². The van der Waals surface area contributed by atoms with Crippen LogP contribution in [0.5, 0.6) is 5.75 Å². The van der Waals surface area contributed by atoms with Gasteiger partial charge in [0.1, 0.15) is 12.4 Å². The number of aromatic nitrogens is 1. The molecule has 27 heavy (non-hydrogen) atoms. The molecule has 3 aromatic rings. The second-order valence-corrected chi connectivity index (χ2v) is 6.48. The van der Waals surface area contributed by atoms with Crippen LogP contribution >= 0.6 is 11.6 Å². The van der Waals surface area contributed by atoms with Gasteiger partial charge in [0.05, 0.1) is 12.2 Å². The molecule has 1 aromatic heterocycles. The number of nitrogens with zero attached hydrogens (tertiary/aromatic N) is 1. The average Bonchev–Trinajstić information content (AvgIpc) is 2.72. The van der Waals surface area contributed by atoms with Crippen molar-refractivity contribution >= 4 is 17.6 Å². The van der Waals surface area contributed by atoms with E-state index in [1.807, 2.05) is 48.5 Å². The third kappa shape index (κ3) is 6.12. The Morgan fingerprint density at radius 1 is 0.963 bits per heavy atom. The zero-order valence-corrected chi connectivity index (χ0v) is 15.6. The van der Waals surface area contributed by atoms with Gasteiger partial charge in [-0.3, -0.25) is 4.98 Å². The molecule has 5 heteroatoms. The van der Waals surface area contributed by atoms with E-state index in [2.05, 4.69) is 4.98 Å². The van der Waals surface area contributed by atoms with E-state index in [0.29, 0.717) is 12.2 Å². The van der Waals surface area contributed by atoms with Crippen molar-refractivity contribution < 1.29 is 14.3 Å². The van der Waals surface area contributed by atoms with Crippen molar-refractivity contribution in [2.24, 2.45) is 0 Å². The van der Waals surface area contributed by atoms with Crippen LogP contribution in [-0.2, 0) is 17.8 Å². The second-order valence-electron chi connectivity index (χ2n) is 6.04. The Balaban J connectivity index is 1.39. The summed E-state index contributed by atoms with van der Waals surface area (Å²) < 4.78 is 11.0. The highest BCUT2D eigenvalue weighted by atomic mass is 35.5. The monoisotopic (exact) mass is 381 g/mol. The molecule has 0 fully saturated rings. The number of halogens is 1. The van der Waals surface area contributed by atoms with Gasteiger partial charge in [0, 0.05) is 17.4 Å². The van der Waals surface area contributed by atoms with Crippen LogP contribution in [0.25, 0.3) is 0 Å². The molecule has 0 bridgehead atoms. The Kier molecular flexibility index (Phi) is 6.83. The van der Waals surface area contributed by atoms with Gasteiger partial charge in [-0.1, -0.05) is 35.9 Å². The van der Waals surface area contributed by atoms with Gasteiger partial charge < -0.3 is 9.47 Å². The first kappa shape index (κ1) is 18.9. The molecule has 1 heterocycles. The molecule has 0 aliphatic carbocycles. The fraction of sp³-hybridized carbons (Fsp3) is 0.182. The number of ether oxygens (including phenoxy) is 2. The van der Waals surface area contributed by atoms with Gasteiger partial charge in [-0.25, -0.2) is 4.79 Å². The minimum absolute atomic E-state index is 0.213. The van der Waals surface area contributed by atoms with Crippen molar-refractivity contribution in [1.82, 2.24) is 4.98 Å². The summed E-state index contributed by atoms with van der Waals surface area (Å²) >= 11 is 5.88. The maximum Gasteiger partial charge on any atom is 0.340 e. The highest BCUT2D eigenvalue weighted by Crippen LogP contribution is 2.15. The van der Waals surface area contributed by atoms with E-state index >= 15 is 0 Å². The van der Waals surface area contributed by atoms with E-state index in [1.165, 1.54) is 11.8 Å². The summed E-state index contributed by atoms with van der Waals surface area (Å²) in [6, 6.07) is 18.8. The normalized spacial score (nSPS) is 10.4. The molecule has 4 nitrogen and oxygen atoms in total. The molecule has 3 rings (SSSR count). The predicted molar refractivity (Wildman–Crippen MR) is 105 cm³/mol. The zero-order chi connectivity index (χ0) is 18.9. The number of hydrogen-bond acceptors (Lipinski definition) is 4. The number of pyridine rings is 1. The minimum Gasteiger partial charge on any atom is -0.494 e. The predicted octanol–water partition coefficient (Wildman–Crippen LogP) is 5.10. The van der Waals surface area contributed by atoms with Crippen LogP contribution in [-0.4, -0.2) is 17.6 Å². The zero-order valence-electron chi connectivity index (χ0n) is 14.8. The van der Waals surface area contributed by atoms with Gasteiger partial charge in [-0.2, -0.15) is 0 Å². The first-order valence-electron chi connectivity index (χ1n) is 8.74. The lowest BCUT2D eigenvalue weighted by molar-refractivity contribution is 0.0472. The maximum atomic E-state index is 11.9. The summed E-state index contributed by atoms with van der Waals surface area (Å²) in [7, 11) is 0. The number of carbonyl (C=O) groups is 1. The molecule has 0 radical (unpaired) electrons. The number of aryl methyl sites for hydroxylation is 1. The minimum atomic E-state index is -0.384. The maximum absolute atomic E-state index is 11.9. The Labute approximate surface area is 163 Å². The Hall–Kier alpha value is -2.85. The molecule has 138 valence electrons. The summed E-state index contributed by atoms with van der Waals surface area (Å²) in [5.74, 6) is 0.416. The number of carbonyl (C=O) groups excluding carboxylic acids is 1. The second kappa shape index (κ2) is 9.74. The third-order valence-electron chi connectivity index (χ3n) is 3.98. The van der Waals surface area contributed by atoms with Crippen molar-refractivity contribution in [2.45, 2.75) is 19.4 Å². The standard InChI is InChI=1S/C22H20ClNO3/c23-20-9-5-17(6-10-20)3-2-14-26-21-11-7-18(8-12-21)16-27-22(25)19-4-1-13-24-15-19/h1,4-13,15H,2-3,14,16H2. The van der Waals surface area contributed by atoms with Gasteiger partial charge in [0.15, 0.2) is 0 Å². The summed E-state index contributed by atoms with van der Waals surface area (Å²) in [6.45, 7) is 0.850. The van der Waals surface area contributed by atoms with E-state index in [1.54, 1.807) is 18.3 Å². The highest BCUT2D eigenvalue weighted by Gasteiger charge is 2.07. The largest absolute Gasteiger partial charge is 0.494 e. The summed E-state index contributed by atoms with van der Waals surface area (Å²) in [5, 5.41) is 0.751. The van der Waals surface area contributed by atoms with Gasteiger partial charge in [0.25, 0.3) is 0 Å². The third-order valence-corrected chi connectivity index (χ3v) is 4.23. The van der Waals surface area contributed by atoms with Crippen LogP contribution in [0.1, 0.15) is 27.9 Å². The quantitative estimate of drug-likeness (QED) is 0.402. The van der Waals surface area contributed by atoms with Gasteiger partial charge in [-0.15, -0.1) is 0 Å². The lowest BCUT2D eigenvalue weighted by Crippen LogP contribution is -2.05. The Bertz CT molecular complexity index is 849. The molecule has 2 aromatic carbocycles. The summed E-state index contributed by atoms with van der Waals surface area (Å²) in [6.07, 6.45) is 4.97. The molecule has 0 N–H and O–H groups in total. The van der Waals surface area contributed by atoms with Gasteiger partial charge in [0.2, 0.25) is 0 Å². The van der Waals surface area contributed by atoms with Crippen LogP contribution in [0, 0.1) is 0 Å². The van der Waals surface area contributed by atoms with Crippen molar-refractivity contribution in [3.63, 3.8) is 0 Å². The van der Waals surface area contributed by atoms with E-state index in [0.717, 1.165) is 29.2 Å².